The molecule has 11 heteroatoms. The van der Waals surface area contributed by atoms with Gasteiger partial charge in [-0.05, 0) is 43.2 Å². The highest BCUT2D eigenvalue weighted by Crippen LogP contribution is 2.39. The second-order valence-electron chi connectivity index (χ2n) is 8.19. The molecule has 2 heterocycles. The standard InChI is InChI=1S/C25H30ClN3O5S.ClH/c1-16-18(26)6-7-21-22(16)27-25(35-21)29(9-5-8-28-10-12-34-13-11-28)24(30)17-14-19(31-2)23(33-4)20(15-17)32-3;/h6-7,14-15H,5,8-13H2,1-4H3;1H. The summed E-state index contributed by atoms with van der Waals surface area (Å²) in [5, 5.41) is 1.29. The average molecular weight is 557 g/mol. The van der Waals surface area contributed by atoms with E-state index in [1.165, 1.54) is 32.7 Å². The van der Waals surface area contributed by atoms with E-state index >= 15 is 0 Å². The summed E-state index contributed by atoms with van der Waals surface area (Å²) in [4.78, 5) is 22.8. The monoisotopic (exact) mass is 555 g/mol. The Morgan fingerprint density at radius 1 is 1.14 bits per heavy atom. The van der Waals surface area contributed by atoms with Crippen LogP contribution in [0.5, 0.6) is 17.2 Å². The van der Waals surface area contributed by atoms with Gasteiger partial charge in [0.15, 0.2) is 16.6 Å². The van der Waals surface area contributed by atoms with Gasteiger partial charge in [0.25, 0.3) is 5.91 Å². The lowest BCUT2D eigenvalue weighted by molar-refractivity contribution is 0.0376. The minimum Gasteiger partial charge on any atom is -0.493 e. The summed E-state index contributed by atoms with van der Waals surface area (Å²) < 4.78 is 22.8. The SMILES string of the molecule is COc1cc(C(=O)N(CCCN2CCOCC2)c2nc3c(C)c(Cl)ccc3s2)cc(OC)c1OC.Cl. The lowest BCUT2D eigenvalue weighted by Gasteiger charge is -2.28. The molecule has 196 valence electrons. The molecule has 8 nitrogen and oxygen atoms in total. The van der Waals surface area contributed by atoms with Crippen molar-refractivity contribution >= 4 is 56.6 Å². The Morgan fingerprint density at radius 2 is 1.81 bits per heavy atom. The van der Waals surface area contributed by atoms with Gasteiger partial charge in [-0.1, -0.05) is 22.9 Å². The first-order valence-electron chi connectivity index (χ1n) is 11.4. The number of amides is 1. The molecule has 0 N–H and O–H groups in total. The van der Waals surface area contributed by atoms with Gasteiger partial charge < -0.3 is 18.9 Å². The van der Waals surface area contributed by atoms with Crippen molar-refractivity contribution in [2.24, 2.45) is 0 Å². The van der Waals surface area contributed by atoms with Crippen LogP contribution in [0.2, 0.25) is 5.02 Å². The van der Waals surface area contributed by atoms with Crippen LogP contribution in [0.3, 0.4) is 0 Å². The van der Waals surface area contributed by atoms with Crippen molar-refractivity contribution in [3.05, 3.63) is 40.4 Å². The van der Waals surface area contributed by atoms with E-state index in [0.29, 0.717) is 39.5 Å². The maximum absolute atomic E-state index is 13.9. The van der Waals surface area contributed by atoms with Gasteiger partial charge in [0.2, 0.25) is 5.75 Å². The second-order valence-corrected chi connectivity index (χ2v) is 9.61. The van der Waals surface area contributed by atoms with Crippen molar-refractivity contribution in [1.82, 2.24) is 9.88 Å². The molecule has 1 saturated heterocycles. The molecule has 1 fully saturated rings. The molecule has 0 unspecified atom stereocenters. The van der Waals surface area contributed by atoms with E-state index in [1.807, 2.05) is 19.1 Å². The molecule has 0 saturated carbocycles. The lowest BCUT2D eigenvalue weighted by atomic mass is 10.1. The summed E-state index contributed by atoms with van der Waals surface area (Å²) in [6.45, 7) is 6.62. The average Bonchev–Trinajstić information content (AvgIpc) is 3.32. The molecule has 2 aromatic carbocycles. The first-order valence-corrected chi connectivity index (χ1v) is 12.6. The summed E-state index contributed by atoms with van der Waals surface area (Å²) in [5.74, 6) is 1.11. The Hall–Kier alpha value is -2.30. The lowest BCUT2D eigenvalue weighted by Crippen LogP contribution is -2.39. The van der Waals surface area contributed by atoms with Gasteiger partial charge in [-0.15, -0.1) is 12.4 Å². The number of thiazole rings is 1. The van der Waals surface area contributed by atoms with Crippen LogP contribution in [0.4, 0.5) is 5.13 Å². The van der Waals surface area contributed by atoms with E-state index in [2.05, 4.69) is 4.90 Å². The molecule has 0 aliphatic carbocycles. The zero-order valence-electron chi connectivity index (χ0n) is 20.8. The first-order chi connectivity index (χ1) is 17.0. The zero-order valence-corrected chi connectivity index (χ0v) is 23.2. The number of halogens is 2. The fourth-order valence-electron chi connectivity index (χ4n) is 4.13. The summed E-state index contributed by atoms with van der Waals surface area (Å²) >= 11 is 7.81. The minimum absolute atomic E-state index is 0. The van der Waals surface area contributed by atoms with Crippen LogP contribution in [-0.2, 0) is 4.74 Å². The van der Waals surface area contributed by atoms with Crippen LogP contribution in [-0.4, -0.2) is 76.5 Å². The van der Waals surface area contributed by atoms with E-state index in [4.69, 9.17) is 35.5 Å². The van der Waals surface area contributed by atoms with Crippen molar-refractivity contribution in [2.75, 3.05) is 65.6 Å². The third kappa shape index (κ3) is 5.98. The largest absolute Gasteiger partial charge is 0.493 e. The van der Waals surface area contributed by atoms with E-state index < -0.39 is 0 Å². The number of aryl methyl sites for hydroxylation is 1. The maximum Gasteiger partial charge on any atom is 0.260 e. The number of nitrogens with zero attached hydrogens (tertiary/aromatic N) is 3. The van der Waals surface area contributed by atoms with Crippen molar-refractivity contribution in [2.45, 2.75) is 13.3 Å². The molecule has 1 amide bonds. The number of carbonyl (C=O) groups excluding carboxylic acids is 1. The molecule has 0 bridgehead atoms. The Balaban J connectivity index is 0.00000361. The molecular weight excluding hydrogens is 525 g/mol. The molecule has 4 rings (SSSR count). The normalized spacial score (nSPS) is 13.8. The fourth-order valence-corrected chi connectivity index (χ4v) is 5.33. The molecule has 1 aliphatic rings. The summed E-state index contributed by atoms with van der Waals surface area (Å²) in [5.41, 5.74) is 2.15. The van der Waals surface area contributed by atoms with Crippen molar-refractivity contribution in [3.8, 4) is 17.2 Å². The summed E-state index contributed by atoms with van der Waals surface area (Å²) in [7, 11) is 4.60. The van der Waals surface area contributed by atoms with Gasteiger partial charge in [0.1, 0.15) is 0 Å². The van der Waals surface area contributed by atoms with E-state index in [-0.39, 0.29) is 18.3 Å². The molecule has 1 aliphatic heterocycles. The van der Waals surface area contributed by atoms with Crippen LogP contribution >= 0.6 is 35.3 Å². The Labute approximate surface area is 226 Å². The Kier molecular flexibility index (Phi) is 10.0. The number of morpholine rings is 1. The third-order valence-electron chi connectivity index (χ3n) is 6.08. The fraction of sp³-hybridized carbons (Fsp3) is 0.440. The van der Waals surface area contributed by atoms with Gasteiger partial charge in [-0.25, -0.2) is 4.98 Å². The minimum atomic E-state index is -0.186. The Morgan fingerprint density at radius 3 is 2.42 bits per heavy atom. The second kappa shape index (κ2) is 12.8. The highest BCUT2D eigenvalue weighted by molar-refractivity contribution is 7.22. The van der Waals surface area contributed by atoms with Crippen LogP contribution in [0.15, 0.2) is 24.3 Å². The smallest absolute Gasteiger partial charge is 0.260 e. The number of fused-ring (bicyclic) bond motifs is 1. The molecular formula is C25H31Cl2N3O5S. The number of rotatable bonds is 9. The predicted octanol–water partition coefficient (Wildman–Crippen LogP) is 5.07. The highest BCUT2D eigenvalue weighted by atomic mass is 35.5. The van der Waals surface area contributed by atoms with E-state index in [1.54, 1.807) is 17.0 Å². The molecule has 0 atom stereocenters. The highest BCUT2D eigenvalue weighted by Gasteiger charge is 2.25. The van der Waals surface area contributed by atoms with Crippen LogP contribution in [0.25, 0.3) is 10.2 Å². The van der Waals surface area contributed by atoms with E-state index in [9.17, 15) is 4.79 Å². The zero-order chi connectivity index (χ0) is 24.9. The van der Waals surface area contributed by atoms with Gasteiger partial charge in [0, 0.05) is 36.8 Å². The molecule has 0 radical (unpaired) electrons. The topological polar surface area (TPSA) is 73.4 Å². The third-order valence-corrected chi connectivity index (χ3v) is 7.54. The molecule has 0 spiro atoms. The maximum atomic E-state index is 13.9. The van der Waals surface area contributed by atoms with Crippen molar-refractivity contribution in [1.29, 1.82) is 0 Å². The number of benzene rings is 2. The van der Waals surface area contributed by atoms with Gasteiger partial charge in [-0.2, -0.15) is 0 Å². The van der Waals surface area contributed by atoms with Gasteiger partial charge in [0.05, 0.1) is 44.8 Å². The van der Waals surface area contributed by atoms with Crippen molar-refractivity contribution in [3.63, 3.8) is 0 Å². The predicted molar refractivity (Wildman–Crippen MR) is 146 cm³/mol. The summed E-state index contributed by atoms with van der Waals surface area (Å²) in [6.07, 6.45) is 0.797. The van der Waals surface area contributed by atoms with Crippen molar-refractivity contribution < 1.29 is 23.7 Å². The van der Waals surface area contributed by atoms with E-state index in [0.717, 1.165) is 55.0 Å². The number of methoxy groups -OCH3 is 3. The number of ether oxygens (including phenoxy) is 4. The van der Waals surface area contributed by atoms with Gasteiger partial charge in [-0.3, -0.25) is 14.6 Å². The first kappa shape index (κ1) is 28.3. The molecule has 3 aromatic rings. The number of carbonyl (C=O) groups is 1. The van der Waals surface area contributed by atoms with Gasteiger partial charge >= 0.3 is 0 Å². The van der Waals surface area contributed by atoms with Crippen LogP contribution < -0.4 is 19.1 Å². The number of hydrogen-bond acceptors (Lipinski definition) is 8. The summed E-state index contributed by atoms with van der Waals surface area (Å²) in [6, 6.07) is 7.16. The number of aromatic nitrogens is 1. The number of anilines is 1. The molecule has 1 aromatic heterocycles. The van der Waals surface area contributed by atoms with Crippen LogP contribution in [0, 0.1) is 6.92 Å². The molecule has 36 heavy (non-hydrogen) atoms. The Bertz CT molecular complexity index is 1170. The van der Waals surface area contributed by atoms with Crippen LogP contribution in [0.1, 0.15) is 22.3 Å². The number of hydrogen-bond donors (Lipinski definition) is 0. The quantitative estimate of drug-likeness (QED) is 0.364.